The fraction of sp³-hybridized carbons (Fsp3) is 0.692. The van der Waals surface area contributed by atoms with E-state index in [4.69, 9.17) is 0 Å². The first-order valence-corrected chi connectivity index (χ1v) is 6.22. The molecule has 0 bridgehead atoms. The number of aryl methyl sites for hydroxylation is 2. The summed E-state index contributed by atoms with van der Waals surface area (Å²) in [5.41, 5.74) is 1.99. The van der Waals surface area contributed by atoms with E-state index in [2.05, 4.69) is 22.2 Å². The van der Waals surface area contributed by atoms with Gasteiger partial charge in [0.2, 0.25) is 0 Å². The summed E-state index contributed by atoms with van der Waals surface area (Å²) in [6.07, 6.45) is 7.00. The van der Waals surface area contributed by atoms with Crippen molar-refractivity contribution in [1.82, 2.24) is 9.97 Å². The number of hydrogen-bond acceptors (Lipinski definition) is 3. The van der Waals surface area contributed by atoms with E-state index in [9.17, 15) is 0 Å². The Morgan fingerprint density at radius 3 is 2.56 bits per heavy atom. The predicted molar refractivity (Wildman–Crippen MR) is 66.5 cm³/mol. The maximum absolute atomic E-state index is 4.51. The fourth-order valence-electron chi connectivity index (χ4n) is 2.27. The smallest absolute Gasteiger partial charge is 0.147 e. The molecule has 16 heavy (non-hydrogen) atoms. The highest BCUT2D eigenvalue weighted by molar-refractivity contribution is 5.40. The van der Waals surface area contributed by atoms with E-state index < -0.39 is 0 Å². The third kappa shape index (κ3) is 2.71. The molecule has 2 rings (SSSR count). The lowest BCUT2D eigenvalue weighted by Gasteiger charge is -2.27. The highest BCUT2D eigenvalue weighted by Crippen LogP contribution is 2.26. The largest absolute Gasteiger partial charge is 0.366 e. The van der Waals surface area contributed by atoms with E-state index in [1.54, 1.807) is 0 Å². The van der Waals surface area contributed by atoms with Crippen LogP contribution in [0.1, 0.15) is 44.0 Å². The molecule has 1 heterocycles. The van der Waals surface area contributed by atoms with Crippen molar-refractivity contribution >= 4 is 5.82 Å². The van der Waals surface area contributed by atoms with Crippen molar-refractivity contribution in [2.24, 2.45) is 5.92 Å². The van der Waals surface area contributed by atoms with Gasteiger partial charge in [-0.1, -0.05) is 6.92 Å². The van der Waals surface area contributed by atoms with E-state index in [-0.39, 0.29) is 0 Å². The maximum atomic E-state index is 4.51. The Bertz CT molecular complexity index is 354. The zero-order valence-electron chi connectivity index (χ0n) is 10.5. The molecule has 0 atom stereocenters. The highest BCUT2D eigenvalue weighted by Gasteiger charge is 2.18. The average molecular weight is 219 g/mol. The molecule has 1 aromatic rings. The number of hydrogen-bond donors (Lipinski definition) is 1. The van der Waals surface area contributed by atoms with Crippen LogP contribution < -0.4 is 5.32 Å². The van der Waals surface area contributed by atoms with Crippen LogP contribution in [0.15, 0.2) is 6.20 Å². The van der Waals surface area contributed by atoms with Crippen LogP contribution in [0.2, 0.25) is 0 Å². The summed E-state index contributed by atoms with van der Waals surface area (Å²) in [5.74, 6) is 1.86. The molecule has 1 aliphatic carbocycles. The topological polar surface area (TPSA) is 37.8 Å². The average Bonchev–Trinajstić information content (AvgIpc) is 2.27. The third-order valence-electron chi connectivity index (χ3n) is 3.43. The first-order valence-electron chi connectivity index (χ1n) is 6.22. The SMILES string of the molecule is Cc1cnc(C)c(NC2CCC(C)CC2)n1. The molecule has 0 aromatic carbocycles. The Hall–Kier alpha value is -1.12. The first-order chi connectivity index (χ1) is 7.65. The summed E-state index contributed by atoms with van der Waals surface area (Å²) in [6.45, 7) is 6.34. The van der Waals surface area contributed by atoms with Crippen LogP contribution >= 0.6 is 0 Å². The van der Waals surface area contributed by atoms with Crippen molar-refractivity contribution in [3.8, 4) is 0 Å². The van der Waals surface area contributed by atoms with Crippen LogP contribution in [0, 0.1) is 19.8 Å². The van der Waals surface area contributed by atoms with Crippen molar-refractivity contribution in [2.75, 3.05) is 5.32 Å². The summed E-state index contributed by atoms with van der Waals surface area (Å²) in [4.78, 5) is 8.85. The fourth-order valence-corrected chi connectivity index (χ4v) is 2.27. The minimum Gasteiger partial charge on any atom is -0.366 e. The number of aromatic nitrogens is 2. The van der Waals surface area contributed by atoms with Gasteiger partial charge in [0.15, 0.2) is 0 Å². The molecule has 0 unspecified atom stereocenters. The number of rotatable bonds is 2. The lowest BCUT2D eigenvalue weighted by molar-refractivity contribution is 0.360. The Kier molecular flexibility index (Phi) is 3.42. The second-order valence-electron chi connectivity index (χ2n) is 5.05. The molecule has 0 saturated heterocycles. The summed E-state index contributed by atoms with van der Waals surface area (Å²) in [6, 6.07) is 0.589. The first kappa shape index (κ1) is 11.4. The quantitative estimate of drug-likeness (QED) is 0.830. The molecule has 0 aliphatic heterocycles. The van der Waals surface area contributed by atoms with Gasteiger partial charge in [0.1, 0.15) is 5.82 Å². The molecule has 3 nitrogen and oxygen atoms in total. The standard InChI is InChI=1S/C13H21N3/c1-9-4-6-12(7-5-9)16-13-11(3)14-8-10(2)15-13/h8-9,12H,4-7H2,1-3H3,(H,15,16). The van der Waals surface area contributed by atoms with E-state index in [1.807, 2.05) is 20.0 Å². The van der Waals surface area contributed by atoms with E-state index in [0.29, 0.717) is 6.04 Å². The van der Waals surface area contributed by atoms with Gasteiger partial charge in [0.05, 0.1) is 11.4 Å². The van der Waals surface area contributed by atoms with Gasteiger partial charge in [-0.25, -0.2) is 4.98 Å². The van der Waals surface area contributed by atoms with Gasteiger partial charge in [0, 0.05) is 12.2 Å². The maximum Gasteiger partial charge on any atom is 0.147 e. The normalized spacial score (nSPS) is 25.4. The second-order valence-corrected chi connectivity index (χ2v) is 5.05. The second kappa shape index (κ2) is 4.81. The number of nitrogens with one attached hydrogen (secondary N) is 1. The number of nitrogens with zero attached hydrogens (tertiary/aromatic N) is 2. The van der Waals surface area contributed by atoms with Crippen LogP contribution in [-0.2, 0) is 0 Å². The van der Waals surface area contributed by atoms with Gasteiger partial charge in [-0.2, -0.15) is 0 Å². The Morgan fingerprint density at radius 2 is 1.88 bits per heavy atom. The molecule has 0 amide bonds. The molecule has 88 valence electrons. The summed E-state index contributed by atoms with van der Waals surface area (Å²) < 4.78 is 0. The van der Waals surface area contributed by atoms with Crippen LogP contribution in [0.25, 0.3) is 0 Å². The summed E-state index contributed by atoms with van der Waals surface area (Å²) in [7, 11) is 0. The molecule has 0 radical (unpaired) electrons. The number of anilines is 1. The summed E-state index contributed by atoms with van der Waals surface area (Å²) in [5, 5.41) is 3.54. The van der Waals surface area contributed by atoms with Gasteiger partial charge in [-0.15, -0.1) is 0 Å². The molecule has 1 N–H and O–H groups in total. The van der Waals surface area contributed by atoms with Crippen LogP contribution in [0.5, 0.6) is 0 Å². The van der Waals surface area contributed by atoms with Gasteiger partial charge in [0.25, 0.3) is 0 Å². The highest BCUT2D eigenvalue weighted by atomic mass is 15.0. The Labute approximate surface area is 97.7 Å². The molecule has 1 aromatic heterocycles. The Morgan fingerprint density at radius 1 is 1.19 bits per heavy atom. The predicted octanol–water partition coefficient (Wildman–Crippen LogP) is 3.08. The van der Waals surface area contributed by atoms with Crippen molar-refractivity contribution in [3.63, 3.8) is 0 Å². The molecule has 3 heteroatoms. The van der Waals surface area contributed by atoms with Gasteiger partial charge >= 0.3 is 0 Å². The molecule has 1 saturated carbocycles. The minimum absolute atomic E-state index is 0.589. The molecular formula is C13H21N3. The van der Waals surface area contributed by atoms with Crippen molar-refractivity contribution < 1.29 is 0 Å². The van der Waals surface area contributed by atoms with Gasteiger partial charge in [-0.3, -0.25) is 4.98 Å². The zero-order valence-corrected chi connectivity index (χ0v) is 10.5. The zero-order chi connectivity index (χ0) is 11.5. The molecule has 0 spiro atoms. The molecular weight excluding hydrogens is 198 g/mol. The van der Waals surface area contributed by atoms with Crippen LogP contribution in [-0.4, -0.2) is 16.0 Å². The van der Waals surface area contributed by atoms with Crippen molar-refractivity contribution in [1.29, 1.82) is 0 Å². The third-order valence-corrected chi connectivity index (χ3v) is 3.43. The lowest BCUT2D eigenvalue weighted by atomic mass is 9.87. The van der Waals surface area contributed by atoms with E-state index >= 15 is 0 Å². The van der Waals surface area contributed by atoms with Crippen molar-refractivity contribution in [2.45, 2.75) is 52.5 Å². The van der Waals surface area contributed by atoms with Crippen molar-refractivity contribution in [3.05, 3.63) is 17.6 Å². The monoisotopic (exact) mass is 219 g/mol. The summed E-state index contributed by atoms with van der Waals surface area (Å²) >= 11 is 0. The van der Waals surface area contributed by atoms with Crippen LogP contribution in [0.4, 0.5) is 5.82 Å². The van der Waals surface area contributed by atoms with Gasteiger partial charge in [-0.05, 0) is 45.4 Å². The Balaban J connectivity index is 2.00. The van der Waals surface area contributed by atoms with Gasteiger partial charge < -0.3 is 5.32 Å². The lowest BCUT2D eigenvalue weighted by Crippen LogP contribution is -2.26. The van der Waals surface area contributed by atoms with E-state index in [0.717, 1.165) is 23.1 Å². The molecule has 1 fully saturated rings. The van der Waals surface area contributed by atoms with Crippen LogP contribution in [0.3, 0.4) is 0 Å². The molecule has 1 aliphatic rings. The minimum atomic E-state index is 0.589. The van der Waals surface area contributed by atoms with E-state index in [1.165, 1.54) is 25.7 Å².